The van der Waals surface area contributed by atoms with E-state index in [9.17, 15) is 9.59 Å². The minimum absolute atomic E-state index is 0.0320. The molecule has 4 rings (SSSR count). The molecular formula is C26H20ClNO3. The van der Waals surface area contributed by atoms with Crippen LogP contribution in [0.25, 0.3) is 11.1 Å². The zero-order chi connectivity index (χ0) is 21.6. The van der Waals surface area contributed by atoms with Gasteiger partial charge >= 0.3 is 6.09 Å². The Morgan fingerprint density at radius 3 is 2.39 bits per heavy atom. The topological polar surface area (TPSA) is 55.4 Å². The molecule has 0 radical (unpaired) electrons. The van der Waals surface area contributed by atoms with Crippen molar-refractivity contribution in [1.29, 1.82) is 0 Å². The number of alkyl carbamates (subject to hydrolysis) is 1. The highest BCUT2D eigenvalue weighted by atomic mass is 35.5. The molecule has 0 bridgehead atoms. The first kappa shape index (κ1) is 20.7. The van der Waals surface area contributed by atoms with Gasteiger partial charge in [0.1, 0.15) is 6.61 Å². The second kappa shape index (κ2) is 9.51. The fourth-order valence-corrected chi connectivity index (χ4v) is 3.96. The van der Waals surface area contributed by atoms with Crippen LogP contribution in [0.15, 0.2) is 66.7 Å². The fraction of sp³-hybridized carbons (Fsp3) is 0.154. The van der Waals surface area contributed by atoms with Crippen molar-refractivity contribution in [2.24, 2.45) is 0 Å². The number of rotatable bonds is 5. The second-order valence-corrected chi connectivity index (χ2v) is 7.59. The molecule has 0 atom stereocenters. The summed E-state index contributed by atoms with van der Waals surface area (Å²) in [6, 6.07) is 21.4. The van der Waals surface area contributed by atoms with Gasteiger partial charge in [-0.25, -0.2) is 4.79 Å². The van der Waals surface area contributed by atoms with Crippen molar-refractivity contribution >= 4 is 24.0 Å². The molecule has 154 valence electrons. The largest absolute Gasteiger partial charge is 0.449 e. The lowest BCUT2D eigenvalue weighted by Gasteiger charge is -2.14. The Bertz CT molecular complexity index is 1150. The molecule has 0 spiro atoms. The normalized spacial score (nSPS) is 11.6. The van der Waals surface area contributed by atoms with Gasteiger partial charge in [-0.15, -0.1) is 0 Å². The second-order valence-electron chi connectivity index (χ2n) is 7.15. The van der Waals surface area contributed by atoms with Crippen LogP contribution in [0, 0.1) is 11.8 Å². The van der Waals surface area contributed by atoms with Gasteiger partial charge < -0.3 is 10.1 Å². The van der Waals surface area contributed by atoms with Crippen LogP contribution >= 0.6 is 11.6 Å². The number of amides is 1. The molecule has 5 heteroatoms. The van der Waals surface area contributed by atoms with Crippen LogP contribution in [0.2, 0.25) is 5.02 Å². The molecule has 0 saturated carbocycles. The van der Waals surface area contributed by atoms with Gasteiger partial charge in [0.05, 0.1) is 0 Å². The maximum absolute atomic E-state index is 12.2. The Kier molecular flexibility index (Phi) is 6.35. The first-order valence-electron chi connectivity index (χ1n) is 10.00. The van der Waals surface area contributed by atoms with Crippen LogP contribution in [0.4, 0.5) is 4.79 Å². The molecule has 1 aliphatic carbocycles. The number of ether oxygens (including phenoxy) is 1. The van der Waals surface area contributed by atoms with Crippen LogP contribution < -0.4 is 5.32 Å². The monoisotopic (exact) mass is 429 g/mol. The number of halogens is 1. The predicted molar refractivity (Wildman–Crippen MR) is 121 cm³/mol. The summed E-state index contributed by atoms with van der Waals surface area (Å²) in [6.07, 6.45) is 0.694. The molecule has 0 aliphatic heterocycles. The summed E-state index contributed by atoms with van der Waals surface area (Å²) in [5, 5.41) is 3.21. The molecule has 1 N–H and O–H groups in total. The van der Waals surface area contributed by atoms with E-state index in [0.717, 1.165) is 6.29 Å². The lowest BCUT2D eigenvalue weighted by molar-refractivity contribution is 0.112. The van der Waals surface area contributed by atoms with E-state index in [1.54, 1.807) is 18.2 Å². The molecule has 4 nitrogen and oxygen atoms in total. The maximum atomic E-state index is 12.2. The quantitative estimate of drug-likeness (QED) is 0.334. The first-order valence-corrected chi connectivity index (χ1v) is 10.4. The van der Waals surface area contributed by atoms with E-state index in [1.165, 1.54) is 22.3 Å². The summed E-state index contributed by atoms with van der Waals surface area (Å²) in [5.41, 5.74) is 5.80. The van der Waals surface area contributed by atoms with Crippen LogP contribution in [0.3, 0.4) is 0 Å². The Labute approximate surface area is 186 Å². The molecule has 1 aliphatic rings. The van der Waals surface area contributed by atoms with E-state index in [4.69, 9.17) is 16.3 Å². The Balaban J connectivity index is 1.30. The van der Waals surface area contributed by atoms with Crippen molar-refractivity contribution in [2.75, 3.05) is 13.2 Å². The number of hydrogen-bond donors (Lipinski definition) is 1. The average molecular weight is 430 g/mol. The van der Waals surface area contributed by atoms with Gasteiger partial charge in [0.2, 0.25) is 0 Å². The van der Waals surface area contributed by atoms with Crippen LogP contribution in [0.1, 0.15) is 39.4 Å². The Hall–Kier alpha value is -3.55. The van der Waals surface area contributed by atoms with Gasteiger partial charge in [0.15, 0.2) is 6.29 Å². The SMILES string of the molecule is O=Cc1cc(Cl)ccc1C#CCCNC(=O)OCC1c2ccccc2-c2ccccc21. The molecule has 0 fully saturated rings. The summed E-state index contributed by atoms with van der Waals surface area (Å²) >= 11 is 5.88. The van der Waals surface area contributed by atoms with E-state index in [1.807, 2.05) is 24.3 Å². The highest BCUT2D eigenvalue weighted by Crippen LogP contribution is 2.44. The van der Waals surface area contributed by atoms with Gasteiger partial charge in [-0.05, 0) is 40.5 Å². The van der Waals surface area contributed by atoms with Gasteiger partial charge in [0, 0.05) is 35.0 Å². The first-order chi connectivity index (χ1) is 15.2. The number of carbonyl (C=O) groups excluding carboxylic acids is 2. The summed E-state index contributed by atoms with van der Waals surface area (Å²) in [4.78, 5) is 23.2. The molecule has 0 unspecified atom stereocenters. The minimum atomic E-state index is -0.469. The smallest absolute Gasteiger partial charge is 0.407 e. The van der Waals surface area contributed by atoms with E-state index < -0.39 is 6.09 Å². The fourth-order valence-electron chi connectivity index (χ4n) is 3.78. The maximum Gasteiger partial charge on any atom is 0.407 e. The highest BCUT2D eigenvalue weighted by molar-refractivity contribution is 6.30. The van der Waals surface area contributed by atoms with E-state index in [-0.39, 0.29) is 12.5 Å². The predicted octanol–water partition coefficient (Wildman–Crippen LogP) is 5.43. The zero-order valence-corrected chi connectivity index (χ0v) is 17.5. The highest BCUT2D eigenvalue weighted by Gasteiger charge is 2.28. The van der Waals surface area contributed by atoms with Crippen molar-refractivity contribution in [3.8, 4) is 23.0 Å². The number of aldehydes is 1. The molecule has 3 aromatic carbocycles. The van der Waals surface area contributed by atoms with Gasteiger partial charge in [-0.2, -0.15) is 0 Å². The van der Waals surface area contributed by atoms with Crippen LogP contribution in [-0.2, 0) is 4.74 Å². The summed E-state index contributed by atoms with van der Waals surface area (Å²) in [6.45, 7) is 0.632. The zero-order valence-electron chi connectivity index (χ0n) is 16.7. The van der Waals surface area contributed by atoms with Crippen molar-refractivity contribution in [3.05, 3.63) is 94.0 Å². The van der Waals surface area contributed by atoms with Crippen molar-refractivity contribution in [2.45, 2.75) is 12.3 Å². The van der Waals surface area contributed by atoms with Crippen molar-refractivity contribution in [3.63, 3.8) is 0 Å². The summed E-state index contributed by atoms with van der Waals surface area (Å²) < 4.78 is 5.49. The van der Waals surface area contributed by atoms with E-state index in [2.05, 4.69) is 41.4 Å². The van der Waals surface area contributed by atoms with Gasteiger partial charge in [-0.1, -0.05) is 72.0 Å². The van der Waals surface area contributed by atoms with Crippen molar-refractivity contribution in [1.82, 2.24) is 5.32 Å². The van der Waals surface area contributed by atoms with Gasteiger partial charge in [0.25, 0.3) is 0 Å². The molecule has 1 amide bonds. The molecule has 0 aromatic heterocycles. The minimum Gasteiger partial charge on any atom is -0.449 e. The van der Waals surface area contributed by atoms with Crippen LogP contribution in [-0.4, -0.2) is 25.5 Å². The number of fused-ring (bicyclic) bond motifs is 3. The Morgan fingerprint density at radius 1 is 1.03 bits per heavy atom. The number of nitrogens with one attached hydrogen (secondary N) is 1. The van der Waals surface area contributed by atoms with Gasteiger partial charge in [-0.3, -0.25) is 4.79 Å². The molecular weight excluding hydrogens is 410 g/mol. The third-order valence-corrected chi connectivity index (χ3v) is 5.46. The third-order valence-electron chi connectivity index (χ3n) is 5.23. The number of carbonyl (C=O) groups is 2. The molecule has 31 heavy (non-hydrogen) atoms. The third kappa shape index (κ3) is 4.63. The summed E-state index contributed by atoms with van der Waals surface area (Å²) in [7, 11) is 0. The lowest BCUT2D eigenvalue weighted by Crippen LogP contribution is -2.26. The lowest BCUT2D eigenvalue weighted by atomic mass is 9.98. The molecule has 3 aromatic rings. The van der Waals surface area contributed by atoms with Crippen LogP contribution in [0.5, 0.6) is 0 Å². The Morgan fingerprint density at radius 2 is 1.71 bits per heavy atom. The average Bonchev–Trinajstić information content (AvgIpc) is 3.12. The van der Waals surface area contributed by atoms with Crippen molar-refractivity contribution < 1.29 is 14.3 Å². The number of hydrogen-bond acceptors (Lipinski definition) is 3. The standard InChI is InChI=1S/C26H20ClNO3/c27-20-13-12-18(19(15-20)16-29)7-5-6-14-28-26(30)31-17-25-23-10-3-1-8-21(23)22-9-2-4-11-24(22)25/h1-4,8-13,15-16,25H,6,14,17H2,(H,28,30). The number of benzene rings is 3. The summed E-state index contributed by atoms with van der Waals surface area (Å²) in [5.74, 6) is 5.92. The van der Waals surface area contributed by atoms with E-state index >= 15 is 0 Å². The molecule has 0 heterocycles. The van der Waals surface area contributed by atoms with E-state index in [0.29, 0.717) is 29.1 Å². The molecule has 0 saturated heterocycles.